The van der Waals surface area contributed by atoms with Crippen LogP contribution in [0.4, 0.5) is 0 Å². The molecule has 2 aromatic carbocycles. The number of phenolic OH excluding ortho intramolecular Hbond substituents is 1. The van der Waals surface area contributed by atoms with Gasteiger partial charge in [0.05, 0.1) is 26.7 Å². The number of aromatic hydroxyl groups is 1. The highest BCUT2D eigenvalue weighted by molar-refractivity contribution is 6.34. The Hall–Kier alpha value is -7.54. The molecule has 55 heavy (non-hydrogen) atoms. The maximum atomic E-state index is 13.8. The minimum atomic E-state index is -1.25. The molecule has 0 fully saturated rings. The second kappa shape index (κ2) is 15.2. The molecule has 0 atom stereocenters. The lowest BCUT2D eigenvalue weighted by molar-refractivity contribution is 0.0697. The van der Waals surface area contributed by atoms with Gasteiger partial charge in [0.2, 0.25) is 5.43 Å². The van der Waals surface area contributed by atoms with E-state index in [1.54, 1.807) is 32.0 Å². The summed E-state index contributed by atoms with van der Waals surface area (Å²) in [5.41, 5.74) is 0.133. The van der Waals surface area contributed by atoms with Gasteiger partial charge in [-0.3, -0.25) is 4.79 Å². The molecule has 1 aliphatic carbocycles. The molecule has 0 spiro atoms. The number of nitrogens with zero attached hydrogens (tertiary/aromatic N) is 4. The van der Waals surface area contributed by atoms with Gasteiger partial charge in [-0.1, -0.05) is 41.4 Å². The van der Waals surface area contributed by atoms with Gasteiger partial charge in [-0.25, -0.2) is 4.79 Å². The molecule has 0 amide bonds. The van der Waals surface area contributed by atoms with Crippen LogP contribution in [-0.4, -0.2) is 16.2 Å². The van der Waals surface area contributed by atoms with Crippen LogP contribution < -0.4 is 5.43 Å². The monoisotopic (exact) mass is 764 g/mol. The second-order valence-corrected chi connectivity index (χ2v) is 12.7. The van der Waals surface area contributed by atoms with E-state index in [2.05, 4.69) is 0 Å². The predicted molar refractivity (Wildman–Crippen MR) is 204 cm³/mol. The van der Waals surface area contributed by atoms with E-state index in [0.717, 1.165) is 0 Å². The highest BCUT2D eigenvalue weighted by Crippen LogP contribution is 2.48. The summed E-state index contributed by atoms with van der Waals surface area (Å²) in [4.78, 5) is 26.3. The van der Waals surface area contributed by atoms with Gasteiger partial charge in [-0.15, -0.1) is 0 Å². The lowest BCUT2D eigenvalue weighted by Gasteiger charge is -2.20. The van der Waals surface area contributed by atoms with Crippen LogP contribution in [-0.2, 0) is 9.47 Å². The molecule has 3 aliphatic heterocycles. The van der Waals surface area contributed by atoms with Gasteiger partial charge in [0, 0.05) is 27.7 Å². The van der Waals surface area contributed by atoms with Crippen molar-refractivity contribution in [1.82, 2.24) is 0 Å². The third-order valence-corrected chi connectivity index (χ3v) is 8.93. The van der Waals surface area contributed by atoms with Gasteiger partial charge in [0.1, 0.15) is 75.6 Å². The van der Waals surface area contributed by atoms with Gasteiger partial charge in [-0.05, 0) is 86.2 Å². The van der Waals surface area contributed by atoms with E-state index < -0.39 is 17.1 Å². The van der Waals surface area contributed by atoms with Crippen molar-refractivity contribution in [1.29, 1.82) is 21.0 Å². The van der Waals surface area contributed by atoms with Crippen molar-refractivity contribution < 1.29 is 28.9 Å². The first-order valence-corrected chi connectivity index (χ1v) is 16.7. The molecule has 2 aromatic rings. The Morgan fingerprint density at radius 3 is 1.84 bits per heavy atom. The van der Waals surface area contributed by atoms with Crippen LogP contribution in [0.2, 0.25) is 10.0 Å². The minimum Gasteiger partial charge on any atom is -0.506 e. The quantitative estimate of drug-likeness (QED) is 0.140. The number of hydrogen-bond donors (Lipinski definition) is 2. The highest BCUT2D eigenvalue weighted by Gasteiger charge is 2.28. The van der Waals surface area contributed by atoms with Crippen LogP contribution in [0.5, 0.6) is 5.75 Å². The van der Waals surface area contributed by atoms with E-state index in [9.17, 15) is 40.8 Å². The summed E-state index contributed by atoms with van der Waals surface area (Å²) in [5.74, 6) is -0.626. The fourth-order valence-corrected chi connectivity index (χ4v) is 6.43. The third kappa shape index (κ3) is 7.13. The van der Waals surface area contributed by atoms with Gasteiger partial charge in [-0.2, -0.15) is 21.0 Å². The number of hydrogen-bond acceptors (Lipinski definition) is 10. The van der Waals surface area contributed by atoms with Crippen LogP contribution in [0.15, 0.2) is 127 Å². The number of allylic oxidation sites excluding steroid dienone is 12. The fraction of sp³-hybridized carbons (Fsp3) is 0.0476. The molecule has 6 rings (SSSR count). The zero-order valence-electron chi connectivity index (χ0n) is 28.6. The van der Waals surface area contributed by atoms with Crippen LogP contribution in [0.1, 0.15) is 35.3 Å². The summed E-state index contributed by atoms with van der Waals surface area (Å²) in [6.45, 7) is 3.25. The van der Waals surface area contributed by atoms with Crippen molar-refractivity contribution in [2.75, 3.05) is 0 Å². The first-order chi connectivity index (χ1) is 26.4. The topological polar surface area (TPSA) is 201 Å². The molecule has 0 unspecified atom stereocenters. The molecular formula is C42H22Cl2N4O7. The summed E-state index contributed by atoms with van der Waals surface area (Å²) in [5, 5.41) is 59.2. The number of ether oxygens (including phenoxy) is 2. The zero-order chi connectivity index (χ0) is 39.6. The fourth-order valence-electron chi connectivity index (χ4n) is 6.01. The lowest BCUT2D eigenvalue weighted by Crippen LogP contribution is -2.10. The summed E-state index contributed by atoms with van der Waals surface area (Å²) in [7, 11) is 0. The average Bonchev–Trinajstić information content (AvgIpc) is 3.15. The van der Waals surface area contributed by atoms with E-state index >= 15 is 0 Å². The molecule has 4 aliphatic rings. The van der Waals surface area contributed by atoms with Crippen molar-refractivity contribution in [3.05, 3.63) is 155 Å². The first kappa shape index (κ1) is 37.2. The summed E-state index contributed by atoms with van der Waals surface area (Å²) in [6.07, 6.45) is 11.6. The number of aromatic carboxylic acids is 1. The Morgan fingerprint density at radius 1 is 0.745 bits per heavy atom. The van der Waals surface area contributed by atoms with E-state index in [-0.39, 0.29) is 82.8 Å². The summed E-state index contributed by atoms with van der Waals surface area (Å²) < 4.78 is 18.1. The number of benzene rings is 3. The molecule has 0 saturated carbocycles. The summed E-state index contributed by atoms with van der Waals surface area (Å²) >= 11 is 13.2. The van der Waals surface area contributed by atoms with E-state index in [0.29, 0.717) is 22.7 Å². The normalized spacial score (nSPS) is 13.8. The molecule has 3 heterocycles. The standard InChI is InChI=1S/C42H22Cl2N4O7/c1-21-11-23(25(17-45)18-46)13-27(53-21)7-9-31-38(49)35(43)15-33-37(29-5-3-4-6-30(29)42(51)52)34-16-36(44)39(50)32(41(34)55-40(31)33)10-8-28-14-24(12-22(2)54-28)26(19-47)20-48/h3-16,49H,1-2H3,(H,51,52)/b9-7+,10-8+. The van der Waals surface area contributed by atoms with Gasteiger partial charge in [0.25, 0.3) is 0 Å². The maximum absolute atomic E-state index is 13.8. The van der Waals surface area contributed by atoms with E-state index in [1.165, 1.54) is 66.8 Å². The molecule has 266 valence electrons. The molecular weight excluding hydrogens is 743 g/mol. The van der Waals surface area contributed by atoms with Crippen LogP contribution in [0.3, 0.4) is 0 Å². The molecule has 0 bridgehead atoms. The summed E-state index contributed by atoms with van der Waals surface area (Å²) in [6, 6.07) is 16.3. The lowest BCUT2D eigenvalue weighted by atomic mass is 9.88. The Labute approximate surface area is 322 Å². The van der Waals surface area contributed by atoms with Crippen molar-refractivity contribution in [2.45, 2.75) is 13.8 Å². The van der Waals surface area contributed by atoms with Gasteiger partial charge in [0.15, 0.2) is 0 Å². The van der Waals surface area contributed by atoms with Gasteiger partial charge >= 0.3 is 5.97 Å². The Balaban J connectivity index is 1.68. The maximum Gasteiger partial charge on any atom is 0.336 e. The first-order valence-electron chi connectivity index (χ1n) is 16.0. The van der Waals surface area contributed by atoms with Crippen molar-refractivity contribution >= 4 is 52.3 Å². The van der Waals surface area contributed by atoms with E-state index in [1.807, 2.05) is 24.3 Å². The van der Waals surface area contributed by atoms with Crippen LogP contribution >= 0.6 is 23.2 Å². The number of carboxylic acid groups (broad SMARTS) is 1. The number of halogens is 2. The number of fused-ring (bicyclic) bond motifs is 2. The number of nitriles is 4. The molecule has 0 saturated heterocycles. The predicted octanol–water partition coefficient (Wildman–Crippen LogP) is 9.63. The van der Waals surface area contributed by atoms with Crippen molar-refractivity contribution in [3.63, 3.8) is 0 Å². The molecule has 0 radical (unpaired) electrons. The largest absolute Gasteiger partial charge is 0.506 e. The number of carboxylic acids is 1. The highest BCUT2D eigenvalue weighted by atomic mass is 35.5. The molecule has 11 nitrogen and oxygen atoms in total. The Bertz CT molecular complexity index is 2830. The minimum absolute atomic E-state index is 0.00760. The van der Waals surface area contributed by atoms with Crippen molar-refractivity contribution in [3.8, 4) is 52.5 Å². The van der Waals surface area contributed by atoms with Crippen molar-refractivity contribution in [2.24, 2.45) is 0 Å². The van der Waals surface area contributed by atoms with Crippen LogP contribution in [0.25, 0.3) is 45.6 Å². The van der Waals surface area contributed by atoms with Gasteiger partial charge < -0.3 is 24.1 Å². The zero-order valence-corrected chi connectivity index (χ0v) is 30.1. The molecule has 2 N–H and O–H groups in total. The second-order valence-electron chi connectivity index (χ2n) is 11.9. The molecule has 0 aromatic heterocycles. The third-order valence-electron chi connectivity index (χ3n) is 8.36. The SMILES string of the molecule is CC1=CC(=C(C#N)C#N)C=C(/C=C/c2c3oc4c(/C=C/C5=CC(=C(C#N)C#N)C=C(C)O5)c(O)c(Cl)cc4c(-c4ccccc4C(=O)O)c-3cc(Cl)c2=O)O1. The van der Waals surface area contributed by atoms with Crippen LogP contribution in [0, 0.1) is 45.3 Å². The number of phenols is 1. The molecule has 13 heteroatoms. The smallest absolute Gasteiger partial charge is 0.336 e. The Kier molecular flexibility index (Phi) is 10.3. The number of rotatable bonds is 6. The van der Waals surface area contributed by atoms with E-state index in [4.69, 9.17) is 37.1 Å². The Morgan fingerprint density at radius 2 is 1.29 bits per heavy atom. The average molecular weight is 766 g/mol. The number of carbonyl (C=O) groups is 1.